The van der Waals surface area contributed by atoms with Crippen molar-refractivity contribution in [2.45, 2.75) is 20.0 Å². The van der Waals surface area contributed by atoms with Crippen molar-refractivity contribution in [1.29, 1.82) is 0 Å². The van der Waals surface area contributed by atoms with E-state index in [0.717, 1.165) is 11.1 Å². The average Bonchev–Trinajstić information content (AvgIpc) is 2.63. The summed E-state index contributed by atoms with van der Waals surface area (Å²) < 4.78 is 30.0. The summed E-state index contributed by atoms with van der Waals surface area (Å²) in [4.78, 5) is 19.5. The first-order valence-electron chi connectivity index (χ1n) is 8.08. The first kappa shape index (κ1) is 18.9. The van der Waals surface area contributed by atoms with Crippen LogP contribution in [0.1, 0.15) is 28.5 Å². The van der Waals surface area contributed by atoms with Crippen LogP contribution in [0.15, 0.2) is 54.9 Å². The van der Waals surface area contributed by atoms with Crippen molar-refractivity contribution in [2.24, 2.45) is 0 Å². The number of alkyl halides is 2. The number of pyridine rings is 2. The molecule has 138 valence electrons. The monoisotopic (exact) mass is 388 g/mol. The van der Waals surface area contributed by atoms with Crippen LogP contribution >= 0.6 is 11.6 Å². The molecule has 0 amide bonds. The maximum Gasteiger partial charge on any atom is 0.388 e. The number of halogens is 3. The van der Waals surface area contributed by atoms with E-state index in [-0.39, 0.29) is 11.7 Å². The highest BCUT2D eigenvalue weighted by Gasteiger charge is 2.14. The van der Waals surface area contributed by atoms with Gasteiger partial charge in [-0.3, -0.25) is 9.78 Å². The van der Waals surface area contributed by atoms with Crippen molar-refractivity contribution in [3.05, 3.63) is 76.7 Å². The maximum atomic E-state index is 12.7. The van der Waals surface area contributed by atoms with Gasteiger partial charge in [0.2, 0.25) is 5.88 Å². The van der Waals surface area contributed by atoms with Crippen LogP contribution in [-0.2, 0) is 6.42 Å². The molecule has 27 heavy (non-hydrogen) atoms. The summed E-state index contributed by atoms with van der Waals surface area (Å²) in [6.45, 7) is -1.53. The van der Waals surface area contributed by atoms with Crippen LogP contribution in [0.3, 0.4) is 0 Å². The highest BCUT2D eigenvalue weighted by molar-refractivity contribution is 6.30. The molecule has 0 unspecified atom stereocenters. The summed E-state index contributed by atoms with van der Waals surface area (Å²) in [6, 6.07) is 12.0. The minimum absolute atomic E-state index is 0.111. The number of carbonyl (C=O) groups excluding carboxylic acids is 1. The van der Waals surface area contributed by atoms with E-state index in [2.05, 4.69) is 14.7 Å². The number of hydrogen-bond donors (Lipinski definition) is 0. The Balaban J connectivity index is 1.95. The Morgan fingerprint density at radius 1 is 1.11 bits per heavy atom. The van der Waals surface area contributed by atoms with E-state index in [1.807, 2.05) is 0 Å². The third-order valence-corrected chi connectivity index (χ3v) is 4.07. The van der Waals surface area contributed by atoms with E-state index in [0.29, 0.717) is 28.3 Å². The van der Waals surface area contributed by atoms with Gasteiger partial charge in [-0.05, 0) is 41.0 Å². The molecule has 0 aliphatic heterocycles. The predicted molar refractivity (Wildman–Crippen MR) is 98.4 cm³/mol. The Bertz CT molecular complexity index is 962. The van der Waals surface area contributed by atoms with Gasteiger partial charge in [-0.15, -0.1) is 0 Å². The van der Waals surface area contributed by atoms with Crippen LogP contribution in [0.5, 0.6) is 5.88 Å². The molecule has 0 saturated carbocycles. The molecule has 0 spiro atoms. The fourth-order valence-corrected chi connectivity index (χ4v) is 2.80. The molecule has 0 aliphatic rings. The number of carbonyl (C=O) groups is 1. The van der Waals surface area contributed by atoms with Gasteiger partial charge in [-0.25, -0.2) is 4.98 Å². The predicted octanol–water partition coefficient (Wildman–Crippen LogP) is 5.19. The number of nitrogens with zero attached hydrogens (tertiary/aromatic N) is 2. The minimum atomic E-state index is -2.98. The van der Waals surface area contributed by atoms with E-state index in [1.165, 1.54) is 13.1 Å². The van der Waals surface area contributed by atoms with E-state index in [1.54, 1.807) is 48.7 Å². The standard InChI is InChI=1S/C20H15ClF2N2O2/c1-12(26)18-6-5-13(10-24-18)7-14-8-17(15-3-2-4-16(21)9-15)19(25-11-14)27-20(22)23/h2-6,8-11,20H,7H2,1H3. The molecule has 0 atom stereocenters. The quantitative estimate of drug-likeness (QED) is 0.545. The number of ketones is 1. The second-order valence-electron chi connectivity index (χ2n) is 5.87. The van der Waals surface area contributed by atoms with Crippen LogP contribution in [0.25, 0.3) is 11.1 Å². The van der Waals surface area contributed by atoms with E-state index >= 15 is 0 Å². The molecule has 0 bridgehead atoms. The molecule has 4 nitrogen and oxygen atoms in total. The third kappa shape index (κ3) is 4.86. The van der Waals surface area contributed by atoms with Crippen LogP contribution in [0, 0.1) is 0 Å². The van der Waals surface area contributed by atoms with E-state index in [9.17, 15) is 13.6 Å². The Labute approximate surface area is 159 Å². The molecule has 3 aromatic rings. The number of ether oxygens (including phenoxy) is 1. The fourth-order valence-electron chi connectivity index (χ4n) is 2.61. The number of benzene rings is 1. The van der Waals surface area contributed by atoms with Gasteiger partial charge < -0.3 is 4.74 Å². The van der Waals surface area contributed by atoms with Gasteiger partial charge in [0, 0.05) is 36.3 Å². The van der Waals surface area contributed by atoms with Gasteiger partial charge in [-0.1, -0.05) is 29.8 Å². The lowest BCUT2D eigenvalue weighted by Crippen LogP contribution is -2.06. The summed E-state index contributed by atoms with van der Waals surface area (Å²) in [7, 11) is 0. The van der Waals surface area contributed by atoms with Crippen LogP contribution < -0.4 is 4.74 Å². The van der Waals surface area contributed by atoms with Gasteiger partial charge in [0.1, 0.15) is 5.69 Å². The lowest BCUT2D eigenvalue weighted by molar-refractivity contribution is -0.0524. The largest absolute Gasteiger partial charge is 0.416 e. The summed E-state index contributed by atoms with van der Waals surface area (Å²) in [6.07, 6.45) is 3.56. The Hall–Kier alpha value is -2.86. The number of aromatic nitrogens is 2. The molecular formula is C20H15ClF2N2O2. The van der Waals surface area contributed by atoms with Crippen molar-refractivity contribution in [2.75, 3.05) is 0 Å². The van der Waals surface area contributed by atoms with Crippen LogP contribution in [-0.4, -0.2) is 22.4 Å². The Morgan fingerprint density at radius 3 is 2.52 bits per heavy atom. The molecular weight excluding hydrogens is 374 g/mol. The topological polar surface area (TPSA) is 52.1 Å². The van der Waals surface area contributed by atoms with Gasteiger partial charge in [0.15, 0.2) is 5.78 Å². The van der Waals surface area contributed by atoms with Crippen molar-refractivity contribution in [3.63, 3.8) is 0 Å². The van der Waals surface area contributed by atoms with Crippen molar-refractivity contribution < 1.29 is 18.3 Å². The van der Waals surface area contributed by atoms with Crippen molar-refractivity contribution >= 4 is 17.4 Å². The van der Waals surface area contributed by atoms with Crippen molar-refractivity contribution in [3.8, 4) is 17.0 Å². The number of hydrogen-bond acceptors (Lipinski definition) is 4. The maximum absolute atomic E-state index is 12.7. The first-order valence-corrected chi connectivity index (χ1v) is 8.45. The minimum Gasteiger partial charge on any atom is -0.416 e. The smallest absolute Gasteiger partial charge is 0.388 e. The van der Waals surface area contributed by atoms with E-state index in [4.69, 9.17) is 11.6 Å². The summed E-state index contributed by atoms with van der Waals surface area (Å²) in [5, 5.41) is 0.477. The van der Waals surface area contributed by atoms with Gasteiger partial charge in [0.05, 0.1) is 0 Å². The molecule has 3 rings (SSSR count). The molecule has 2 aromatic heterocycles. The second-order valence-corrected chi connectivity index (χ2v) is 6.31. The summed E-state index contributed by atoms with van der Waals surface area (Å²) >= 11 is 6.02. The number of rotatable bonds is 6. The highest BCUT2D eigenvalue weighted by Crippen LogP contribution is 2.32. The zero-order valence-electron chi connectivity index (χ0n) is 14.3. The highest BCUT2D eigenvalue weighted by atomic mass is 35.5. The fraction of sp³-hybridized carbons (Fsp3) is 0.150. The summed E-state index contributed by atoms with van der Waals surface area (Å²) in [5.74, 6) is -0.277. The molecule has 0 radical (unpaired) electrons. The Morgan fingerprint density at radius 2 is 1.89 bits per heavy atom. The van der Waals surface area contributed by atoms with E-state index < -0.39 is 6.61 Å². The molecule has 0 fully saturated rings. The average molecular weight is 389 g/mol. The van der Waals surface area contributed by atoms with Crippen LogP contribution in [0.2, 0.25) is 5.02 Å². The lowest BCUT2D eigenvalue weighted by Gasteiger charge is -2.12. The van der Waals surface area contributed by atoms with Gasteiger partial charge >= 0.3 is 6.61 Å². The molecule has 7 heteroatoms. The van der Waals surface area contributed by atoms with Gasteiger partial charge in [0.25, 0.3) is 0 Å². The Kier molecular flexibility index (Phi) is 5.76. The first-order chi connectivity index (χ1) is 12.9. The van der Waals surface area contributed by atoms with Crippen LogP contribution in [0.4, 0.5) is 8.78 Å². The number of Topliss-reactive ketones (excluding diaryl/α,β-unsaturated/α-hetero) is 1. The molecule has 0 saturated heterocycles. The molecule has 0 N–H and O–H groups in total. The summed E-state index contributed by atoms with van der Waals surface area (Å²) in [5.41, 5.74) is 3.07. The van der Waals surface area contributed by atoms with Gasteiger partial charge in [-0.2, -0.15) is 8.78 Å². The SMILES string of the molecule is CC(=O)c1ccc(Cc2cnc(OC(F)F)c(-c3cccc(Cl)c3)c2)cn1. The zero-order valence-corrected chi connectivity index (χ0v) is 15.1. The lowest BCUT2D eigenvalue weighted by atomic mass is 10.0. The van der Waals surface area contributed by atoms with Crippen molar-refractivity contribution in [1.82, 2.24) is 9.97 Å². The molecule has 0 aliphatic carbocycles. The molecule has 2 heterocycles. The molecule has 1 aromatic carbocycles. The zero-order chi connectivity index (χ0) is 19.4. The second kappa shape index (κ2) is 8.22. The third-order valence-electron chi connectivity index (χ3n) is 3.84. The normalized spacial score (nSPS) is 10.9.